The van der Waals surface area contributed by atoms with Crippen molar-refractivity contribution in [3.8, 4) is 0 Å². The van der Waals surface area contributed by atoms with Gasteiger partial charge in [-0.25, -0.2) is 0 Å². The topological polar surface area (TPSA) is 17.1 Å². The zero-order chi connectivity index (χ0) is 14.0. The molecule has 100 valence electrons. The molecule has 0 saturated carbocycles. The second kappa shape index (κ2) is 5.16. The summed E-state index contributed by atoms with van der Waals surface area (Å²) >= 11 is 0. The first-order chi connectivity index (χ1) is 8.85. The van der Waals surface area contributed by atoms with Crippen LogP contribution in [0.1, 0.15) is 49.5 Å². The molecule has 1 nitrogen and oxygen atoms in total. The number of allylic oxidation sites excluding steroid dienone is 4. The van der Waals surface area contributed by atoms with E-state index in [2.05, 4.69) is 26.8 Å². The maximum absolute atomic E-state index is 12.3. The summed E-state index contributed by atoms with van der Waals surface area (Å²) in [5, 5.41) is 0. The molecular formula is C18H22O. The average molecular weight is 254 g/mol. The van der Waals surface area contributed by atoms with E-state index < -0.39 is 0 Å². The molecule has 0 N–H and O–H groups in total. The monoisotopic (exact) mass is 254 g/mol. The summed E-state index contributed by atoms with van der Waals surface area (Å²) in [5.41, 5.74) is 4.68. The third-order valence-corrected chi connectivity index (χ3v) is 3.49. The van der Waals surface area contributed by atoms with Gasteiger partial charge in [0.05, 0.1) is 0 Å². The van der Waals surface area contributed by atoms with Crippen molar-refractivity contribution in [2.45, 2.75) is 40.5 Å². The molecule has 1 aromatic carbocycles. The van der Waals surface area contributed by atoms with Crippen molar-refractivity contribution in [1.29, 1.82) is 0 Å². The van der Waals surface area contributed by atoms with Gasteiger partial charge >= 0.3 is 0 Å². The smallest absolute Gasteiger partial charge is 0.186 e. The van der Waals surface area contributed by atoms with E-state index in [1.165, 1.54) is 5.57 Å². The maximum atomic E-state index is 12.3. The van der Waals surface area contributed by atoms with Crippen LogP contribution in [0.4, 0.5) is 0 Å². The molecule has 1 heteroatoms. The number of benzene rings is 1. The number of carbonyl (C=O) groups is 1. The van der Waals surface area contributed by atoms with Crippen LogP contribution in [0.15, 0.2) is 47.6 Å². The van der Waals surface area contributed by atoms with E-state index in [0.29, 0.717) is 0 Å². The van der Waals surface area contributed by atoms with Crippen molar-refractivity contribution in [2.75, 3.05) is 0 Å². The van der Waals surface area contributed by atoms with E-state index in [-0.39, 0.29) is 11.2 Å². The summed E-state index contributed by atoms with van der Waals surface area (Å²) in [7, 11) is 0. The lowest BCUT2D eigenvalue weighted by atomic mass is 9.75. The lowest BCUT2D eigenvalue weighted by molar-refractivity contribution is 0.104. The Morgan fingerprint density at radius 1 is 1.21 bits per heavy atom. The van der Waals surface area contributed by atoms with Crippen LogP contribution in [0.5, 0.6) is 0 Å². The Kier molecular flexibility index (Phi) is 3.75. The highest BCUT2D eigenvalue weighted by Crippen LogP contribution is 2.37. The molecule has 0 bridgehead atoms. The number of hydrogen-bond acceptors (Lipinski definition) is 1. The Morgan fingerprint density at radius 3 is 2.58 bits per heavy atom. The van der Waals surface area contributed by atoms with Crippen LogP contribution in [0.3, 0.4) is 0 Å². The molecule has 0 heterocycles. The fraction of sp³-hybridized carbons (Fsp3) is 0.389. The molecule has 0 radical (unpaired) electrons. The predicted molar refractivity (Wildman–Crippen MR) is 80.4 cm³/mol. The highest BCUT2D eigenvalue weighted by atomic mass is 16.1. The molecule has 0 amide bonds. The number of rotatable bonds is 2. The molecule has 0 fully saturated rings. The SMILES string of the molecule is CC1=CC(=CC(=O)c2cccc(C)c2)CC(C)(C)C1. The quantitative estimate of drug-likeness (QED) is 0.543. The van der Waals surface area contributed by atoms with Gasteiger partial charge in [-0.15, -0.1) is 0 Å². The van der Waals surface area contributed by atoms with Crippen LogP contribution in [-0.2, 0) is 0 Å². The molecule has 19 heavy (non-hydrogen) atoms. The van der Waals surface area contributed by atoms with Crippen LogP contribution in [0.25, 0.3) is 0 Å². The van der Waals surface area contributed by atoms with E-state index in [9.17, 15) is 4.79 Å². The molecule has 0 atom stereocenters. The minimum atomic E-state index is 0.112. The minimum absolute atomic E-state index is 0.112. The highest BCUT2D eigenvalue weighted by Gasteiger charge is 2.24. The van der Waals surface area contributed by atoms with Crippen LogP contribution >= 0.6 is 0 Å². The molecule has 0 aliphatic heterocycles. The lowest BCUT2D eigenvalue weighted by Gasteiger charge is -2.30. The predicted octanol–water partition coefficient (Wildman–Crippen LogP) is 4.87. The van der Waals surface area contributed by atoms with Crippen molar-refractivity contribution in [1.82, 2.24) is 0 Å². The third-order valence-electron chi connectivity index (χ3n) is 3.49. The average Bonchev–Trinajstić information content (AvgIpc) is 2.25. The van der Waals surface area contributed by atoms with E-state index in [1.807, 2.05) is 31.2 Å². The first-order valence-corrected chi connectivity index (χ1v) is 6.84. The Bertz CT molecular complexity index is 559. The fourth-order valence-corrected chi connectivity index (χ4v) is 2.93. The van der Waals surface area contributed by atoms with Crippen LogP contribution in [0, 0.1) is 12.3 Å². The summed E-state index contributed by atoms with van der Waals surface area (Å²) in [6, 6.07) is 7.78. The zero-order valence-electron chi connectivity index (χ0n) is 12.3. The molecule has 0 aromatic heterocycles. The van der Waals surface area contributed by atoms with Crippen LogP contribution in [0.2, 0.25) is 0 Å². The van der Waals surface area contributed by atoms with Gasteiger partial charge in [-0.3, -0.25) is 4.79 Å². The van der Waals surface area contributed by atoms with Gasteiger partial charge in [0.25, 0.3) is 0 Å². The summed E-state index contributed by atoms with van der Waals surface area (Å²) < 4.78 is 0. The highest BCUT2D eigenvalue weighted by molar-refractivity contribution is 6.05. The van der Waals surface area contributed by atoms with Gasteiger partial charge in [-0.2, -0.15) is 0 Å². The van der Waals surface area contributed by atoms with Crippen molar-refractivity contribution >= 4 is 5.78 Å². The number of carbonyl (C=O) groups excluding carboxylic acids is 1. The molecule has 0 unspecified atom stereocenters. The lowest BCUT2D eigenvalue weighted by Crippen LogP contribution is -2.17. The molecule has 2 rings (SSSR count). The summed E-state index contributed by atoms with van der Waals surface area (Å²) in [5.74, 6) is 0.112. The maximum Gasteiger partial charge on any atom is 0.186 e. The van der Waals surface area contributed by atoms with E-state index in [1.54, 1.807) is 6.08 Å². The number of aryl methyl sites for hydroxylation is 1. The van der Waals surface area contributed by atoms with Gasteiger partial charge in [-0.1, -0.05) is 49.3 Å². The number of ketones is 1. The Hall–Kier alpha value is -1.63. The van der Waals surface area contributed by atoms with Crippen LogP contribution < -0.4 is 0 Å². The van der Waals surface area contributed by atoms with Crippen molar-refractivity contribution in [2.24, 2.45) is 5.41 Å². The Balaban J connectivity index is 2.26. The summed E-state index contributed by atoms with van der Waals surface area (Å²) in [4.78, 5) is 12.3. The Morgan fingerprint density at radius 2 is 1.95 bits per heavy atom. The zero-order valence-corrected chi connectivity index (χ0v) is 12.3. The van der Waals surface area contributed by atoms with Gasteiger partial charge in [0.2, 0.25) is 0 Å². The van der Waals surface area contributed by atoms with E-state index >= 15 is 0 Å². The third kappa shape index (κ3) is 3.66. The minimum Gasteiger partial charge on any atom is -0.289 e. The van der Waals surface area contributed by atoms with Gasteiger partial charge in [0.15, 0.2) is 5.78 Å². The van der Waals surface area contributed by atoms with Gasteiger partial charge in [-0.05, 0) is 49.8 Å². The molecular weight excluding hydrogens is 232 g/mol. The van der Waals surface area contributed by atoms with Crippen molar-refractivity contribution in [3.63, 3.8) is 0 Å². The second-order valence-corrected chi connectivity index (χ2v) is 6.46. The molecule has 0 saturated heterocycles. The van der Waals surface area contributed by atoms with Gasteiger partial charge < -0.3 is 0 Å². The molecule has 1 aromatic rings. The van der Waals surface area contributed by atoms with Crippen LogP contribution in [-0.4, -0.2) is 5.78 Å². The summed E-state index contributed by atoms with van der Waals surface area (Å²) in [6.45, 7) is 8.67. The van der Waals surface area contributed by atoms with Gasteiger partial charge in [0.1, 0.15) is 0 Å². The second-order valence-electron chi connectivity index (χ2n) is 6.46. The Labute approximate surface area is 116 Å². The van der Waals surface area contributed by atoms with Crippen molar-refractivity contribution < 1.29 is 4.79 Å². The molecule has 0 spiro atoms. The standard InChI is InChI=1S/C18H22O/c1-13-6-5-7-16(9-13)17(19)10-15-8-14(2)11-18(3,4)12-15/h5-10H,11-12H2,1-4H3. The van der Waals surface area contributed by atoms with E-state index in [0.717, 1.165) is 29.5 Å². The summed E-state index contributed by atoms with van der Waals surface area (Å²) in [6.07, 6.45) is 6.06. The van der Waals surface area contributed by atoms with Crippen molar-refractivity contribution in [3.05, 3.63) is 58.7 Å². The normalized spacial score (nSPS) is 20.2. The largest absolute Gasteiger partial charge is 0.289 e. The first kappa shape index (κ1) is 13.8. The van der Waals surface area contributed by atoms with Gasteiger partial charge in [0, 0.05) is 5.56 Å². The number of hydrogen-bond donors (Lipinski definition) is 0. The molecule has 1 aliphatic rings. The molecule has 1 aliphatic carbocycles. The first-order valence-electron chi connectivity index (χ1n) is 6.84. The fourth-order valence-electron chi connectivity index (χ4n) is 2.93. The van der Waals surface area contributed by atoms with E-state index in [4.69, 9.17) is 0 Å².